The first kappa shape index (κ1) is 22.4. The summed E-state index contributed by atoms with van der Waals surface area (Å²) in [6, 6.07) is 21.3. The Balaban J connectivity index is 1.56. The molecule has 1 heterocycles. The molecule has 0 aliphatic rings. The van der Waals surface area contributed by atoms with Gasteiger partial charge in [0.05, 0.1) is 17.7 Å². The SMILES string of the molecule is COc1ccccc1CNC(=O)[C@@H](Cc1c[nH]c2ccccc12)NC(=O)c1ccccc1Cl. The number of carbonyl (C=O) groups is 2. The van der Waals surface area contributed by atoms with E-state index < -0.39 is 11.9 Å². The largest absolute Gasteiger partial charge is 0.496 e. The second-order valence-corrected chi connectivity index (χ2v) is 8.01. The van der Waals surface area contributed by atoms with Gasteiger partial charge in [-0.15, -0.1) is 0 Å². The zero-order valence-corrected chi connectivity index (χ0v) is 18.9. The number of hydrogen-bond donors (Lipinski definition) is 3. The summed E-state index contributed by atoms with van der Waals surface area (Å²) in [4.78, 5) is 29.4. The molecule has 1 atom stereocenters. The number of benzene rings is 3. The molecule has 4 aromatic rings. The van der Waals surface area contributed by atoms with Crippen LogP contribution in [0.3, 0.4) is 0 Å². The molecule has 0 bridgehead atoms. The first-order valence-corrected chi connectivity index (χ1v) is 10.9. The lowest BCUT2D eigenvalue weighted by molar-refractivity contribution is -0.123. The highest BCUT2D eigenvalue weighted by Crippen LogP contribution is 2.21. The van der Waals surface area contributed by atoms with E-state index >= 15 is 0 Å². The molecule has 6 nitrogen and oxygen atoms in total. The Bertz CT molecular complexity index is 1280. The van der Waals surface area contributed by atoms with Gasteiger partial charge in [0, 0.05) is 35.6 Å². The minimum Gasteiger partial charge on any atom is -0.496 e. The Labute approximate surface area is 196 Å². The van der Waals surface area contributed by atoms with E-state index in [1.807, 2.05) is 54.7 Å². The molecule has 0 unspecified atom stereocenters. The van der Waals surface area contributed by atoms with Gasteiger partial charge in [-0.2, -0.15) is 0 Å². The van der Waals surface area contributed by atoms with Crippen molar-refractivity contribution in [2.24, 2.45) is 0 Å². The standard InChI is InChI=1S/C26H24ClN3O3/c1-33-24-13-7-2-8-17(24)15-29-26(32)23(30-25(31)20-10-3-5-11-21(20)27)14-18-16-28-22-12-6-4-9-19(18)22/h2-13,16,23,28H,14-15H2,1H3,(H,29,32)(H,30,31)/t23-/m1/s1. The van der Waals surface area contributed by atoms with Crippen LogP contribution in [-0.2, 0) is 17.8 Å². The quantitative estimate of drug-likeness (QED) is 0.361. The molecule has 0 fully saturated rings. The van der Waals surface area contributed by atoms with Gasteiger partial charge in [0.2, 0.25) is 5.91 Å². The van der Waals surface area contributed by atoms with E-state index in [0.717, 1.165) is 22.0 Å². The summed E-state index contributed by atoms with van der Waals surface area (Å²) < 4.78 is 5.37. The molecule has 0 aliphatic heterocycles. The lowest BCUT2D eigenvalue weighted by atomic mass is 10.0. The van der Waals surface area contributed by atoms with Crippen molar-refractivity contribution in [1.29, 1.82) is 0 Å². The van der Waals surface area contributed by atoms with E-state index in [-0.39, 0.29) is 12.5 Å². The molecule has 3 aromatic carbocycles. The van der Waals surface area contributed by atoms with Crippen molar-refractivity contribution < 1.29 is 14.3 Å². The van der Waals surface area contributed by atoms with Crippen molar-refractivity contribution in [2.75, 3.05) is 7.11 Å². The van der Waals surface area contributed by atoms with Crippen LogP contribution >= 0.6 is 11.6 Å². The Morgan fingerprint density at radius 2 is 1.70 bits per heavy atom. The number of methoxy groups -OCH3 is 1. The number of halogens is 1. The molecule has 0 aliphatic carbocycles. The zero-order chi connectivity index (χ0) is 23.2. The van der Waals surface area contributed by atoms with Crippen LogP contribution in [0, 0.1) is 0 Å². The van der Waals surface area contributed by atoms with Gasteiger partial charge >= 0.3 is 0 Å². The summed E-state index contributed by atoms with van der Waals surface area (Å²) in [6.07, 6.45) is 2.19. The lowest BCUT2D eigenvalue weighted by Gasteiger charge is -2.19. The van der Waals surface area contributed by atoms with Crippen molar-refractivity contribution in [3.8, 4) is 5.75 Å². The molecular weight excluding hydrogens is 438 g/mol. The molecule has 4 rings (SSSR count). The zero-order valence-electron chi connectivity index (χ0n) is 18.1. The number of ether oxygens (including phenoxy) is 1. The van der Waals surface area contributed by atoms with Crippen LogP contribution in [0.1, 0.15) is 21.5 Å². The Morgan fingerprint density at radius 1 is 0.970 bits per heavy atom. The first-order valence-electron chi connectivity index (χ1n) is 10.6. The third-order valence-electron chi connectivity index (χ3n) is 5.48. The van der Waals surface area contributed by atoms with Gasteiger partial charge in [0.25, 0.3) is 5.91 Å². The average Bonchev–Trinajstić information content (AvgIpc) is 3.25. The molecule has 0 spiro atoms. The number of carbonyl (C=O) groups excluding carboxylic acids is 2. The smallest absolute Gasteiger partial charge is 0.253 e. The van der Waals surface area contributed by atoms with Gasteiger partial charge in [0.1, 0.15) is 11.8 Å². The van der Waals surface area contributed by atoms with Crippen LogP contribution in [0.5, 0.6) is 5.75 Å². The van der Waals surface area contributed by atoms with Gasteiger partial charge in [-0.1, -0.05) is 60.1 Å². The molecule has 3 N–H and O–H groups in total. The highest BCUT2D eigenvalue weighted by Gasteiger charge is 2.24. The van der Waals surface area contributed by atoms with E-state index in [4.69, 9.17) is 16.3 Å². The molecule has 0 saturated carbocycles. The number of para-hydroxylation sites is 2. The van der Waals surface area contributed by atoms with Crippen LogP contribution in [0.15, 0.2) is 79.0 Å². The monoisotopic (exact) mass is 461 g/mol. The summed E-state index contributed by atoms with van der Waals surface area (Å²) >= 11 is 6.20. The molecule has 0 saturated heterocycles. The summed E-state index contributed by atoms with van der Waals surface area (Å²) in [7, 11) is 1.59. The van der Waals surface area contributed by atoms with Crippen LogP contribution in [0.4, 0.5) is 0 Å². The molecule has 2 amide bonds. The number of H-pyrrole nitrogens is 1. The number of amides is 2. The minimum absolute atomic E-state index is 0.273. The minimum atomic E-state index is -0.803. The maximum atomic E-state index is 13.2. The van der Waals surface area contributed by atoms with Gasteiger partial charge in [-0.3, -0.25) is 9.59 Å². The van der Waals surface area contributed by atoms with E-state index in [2.05, 4.69) is 15.6 Å². The number of aromatic nitrogens is 1. The predicted molar refractivity (Wildman–Crippen MR) is 130 cm³/mol. The second-order valence-electron chi connectivity index (χ2n) is 7.60. The molecule has 7 heteroatoms. The van der Waals surface area contributed by atoms with Crippen molar-refractivity contribution >= 4 is 34.3 Å². The number of aromatic amines is 1. The van der Waals surface area contributed by atoms with Gasteiger partial charge in [-0.25, -0.2) is 0 Å². The Morgan fingerprint density at radius 3 is 2.52 bits per heavy atom. The molecule has 168 valence electrons. The van der Waals surface area contributed by atoms with E-state index in [1.54, 1.807) is 31.4 Å². The number of nitrogens with one attached hydrogen (secondary N) is 3. The fourth-order valence-corrected chi connectivity index (χ4v) is 3.99. The fraction of sp³-hybridized carbons (Fsp3) is 0.154. The summed E-state index contributed by atoms with van der Waals surface area (Å²) in [5.74, 6) is -0.0180. The summed E-state index contributed by atoms with van der Waals surface area (Å²) in [5.41, 5.74) is 3.07. The van der Waals surface area contributed by atoms with Crippen molar-refractivity contribution in [3.63, 3.8) is 0 Å². The van der Waals surface area contributed by atoms with Crippen molar-refractivity contribution in [1.82, 2.24) is 15.6 Å². The van der Waals surface area contributed by atoms with E-state index in [9.17, 15) is 9.59 Å². The van der Waals surface area contributed by atoms with Crippen LogP contribution in [-0.4, -0.2) is 29.9 Å². The first-order chi connectivity index (χ1) is 16.1. The Kier molecular flexibility index (Phi) is 6.95. The third kappa shape index (κ3) is 5.18. The van der Waals surface area contributed by atoms with Gasteiger partial charge in [0.15, 0.2) is 0 Å². The van der Waals surface area contributed by atoms with Crippen LogP contribution < -0.4 is 15.4 Å². The third-order valence-corrected chi connectivity index (χ3v) is 5.81. The maximum Gasteiger partial charge on any atom is 0.253 e. The van der Waals surface area contributed by atoms with Crippen molar-refractivity contribution in [3.05, 3.63) is 101 Å². The number of hydrogen-bond acceptors (Lipinski definition) is 3. The average molecular weight is 462 g/mol. The highest BCUT2D eigenvalue weighted by molar-refractivity contribution is 6.33. The fourth-order valence-electron chi connectivity index (χ4n) is 3.77. The Hall–Kier alpha value is -3.77. The second kappa shape index (κ2) is 10.2. The van der Waals surface area contributed by atoms with Crippen molar-refractivity contribution in [2.45, 2.75) is 19.0 Å². The number of rotatable bonds is 8. The van der Waals surface area contributed by atoms with Gasteiger partial charge in [-0.05, 0) is 29.8 Å². The normalized spacial score (nSPS) is 11.7. The molecule has 1 aromatic heterocycles. The molecular formula is C26H24ClN3O3. The van der Waals surface area contributed by atoms with Gasteiger partial charge < -0.3 is 20.4 Å². The summed E-state index contributed by atoms with van der Waals surface area (Å²) in [5, 5.41) is 7.13. The maximum absolute atomic E-state index is 13.2. The highest BCUT2D eigenvalue weighted by atomic mass is 35.5. The lowest BCUT2D eigenvalue weighted by Crippen LogP contribution is -2.47. The van der Waals surface area contributed by atoms with E-state index in [0.29, 0.717) is 22.8 Å². The van der Waals surface area contributed by atoms with Crippen LogP contribution in [0.25, 0.3) is 10.9 Å². The predicted octanol–water partition coefficient (Wildman–Crippen LogP) is 4.49. The molecule has 0 radical (unpaired) electrons. The molecule has 33 heavy (non-hydrogen) atoms. The summed E-state index contributed by atoms with van der Waals surface area (Å²) in [6.45, 7) is 0.273. The number of fused-ring (bicyclic) bond motifs is 1. The van der Waals surface area contributed by atoms with Crippen LogP contribution in [0.2, 0.25) is 5.02 Å². The van der Waals surface area contributed by atoms with E-state index in [1.165, 1.54) is 0 Å². The topological polar surface area (TPSA) is 83.2 Å².